The van der Waals surface area contributed by atoms with E-state index in [4.69, 9.17) is 9.47 Å². The largest absolute Gasteiger partial charge is 0.403 e. The first-order chi connectivity index (χ1) is 14.1. The zero-order chi connectivity index (χ0) is 19.8. The van der Waals surface area contributed by atoms with Crippen LogP contribution in [0.25, 0.3) is 11.1 Å². The molecule has 148 valence electrons. The lowest BCUT2D eigenvalue weighted by molar-refractivity contribution is -0.274. The van der Waals surface area contributed by atoms with Crippen molar-refractivity contribution in [2.45, 2.75) is 24.8 Å². The number of hydrogen-bond acceptors (Lipinski definition) is 6. The highest BCUT2D eigenvalue weighted by atomic mass is 16.8. The van der Waals surface area contributed by atoms with Crippen LogP contribution in [0.15, 0.2) is 66.7 Å². The van der Waals surface area contributed by atoms with Crippen LogP contribution in [-0.4, -0.2) is 48.4 Å². The van der Waals surface area contributed by atoms with Crippen LogP contribution in [0.2, 0.25) is 0 Å². The van der Waals surface area contributed by atoms with E-state index in [1.807, 2.05) is 23.1 Å². The molecule has 0 aliphatic carbocycles. The van der Waals surface area contributed by atoms with Gasteiger partial charge >= 0.3 is 17.8 Å². The SMILES string of the molecule is O=C1C=CC(=O)OC2(CN(c3ccc(-c4ccccc4)cc3)C3CCN2CC3)O1. The average molecular weight is 390 g/mol. The minimum atomic E-state index is -1.39. The van der Waals surface area contributed by atoms with Gasteiger partial charge in [-0.2, -0.15) is 0 Å². The second kappa shape index (κ2) is 7.04. The summed E-state index contributed by atoms with van der Waals surface area (Å²) in [4.78, 5) is 28.5. The molecule has 0 aromatic heterocycles. The number of carbonyl (C=O) groups excluding carboxylic acids is 2. The molecule has 1 spiro atoms. The summed E-state index contributed by atoms with van der Waals surface area (Å²) in [6.07, 6.45) is 4.11. The molecule has 0 amide bonds. The summed E-state index contributed by atoms with van der Waals surface area (Å²) >= 11 is 0. The van der Waals surface area contributed by atoms with Gasteiger partial charge in [-0.25, -0.2) is 14.5 Å². The Kier molecular flexibility index (Phi) is 4.36. The minimum absolute atomic E-state index is 0.293. The van der Waals surface area contributed by atoms with E-state index in [1.54, 1.807) is 0 Å². The number of ether oxygens (including phenoxy) is 2. The molecule has 6 nitrogen and oxygen atoms in total. The van der Waals surface area contributed by atoms with E-state index in [9.17, 15) is 9.59 Å². The lowest BCUT2D eigenvalue weighted by Gasteiger charge is -2.39. The number of rotatable bonds is 2. The molecule has 2 aromatic rings. The molecule has 2 bridgehead atoms. The van der Waals surface area contributed by atoms with Gasteiger partial charge in [-0.1, -0.05) is 42.5 Å². The van der Waals surface area contributed by atoms with Crippen molar-refractivity contribution in [1.82, 2.24) is 4.90 Å². The normalized spacial score (nSPS) is 25.3. The lowest BCUT2D eigenvalue weighted by Crippen LogP contribution is -2.58. The molecule has 0 N–H and O–H groups in total. The highest BCUT2D eigenvalue weighted by Gasteiger charge is 2.52. The van der Waals surface area contributed by atoms with Crippen LogP contribution in [0.4, 0.5) is 5.69 Å². The monoisotopic (exact) mass is 390 g/mol. The van der Waals surface area contributed by atoms with Crippen molar-refractivity contribution in [1.29, 1.82) is 0 Å². The first-order valence-corrected chi connectivity index (χ1v) is 9.94. The van der Waals surface area contributed by atoms with Crippen LogP contribution >= 0.6 is 0 Å². The summed E-state index contributed by atoms with van der Waals surface area (Å²) < 4.78 is 11.4. The van der Waals surface area contributed by atoms with Crippen LogP contribution in [0.1, 0.15) is 12.8 Å². The number of anilines is 1. The van der Waals surface area contributed by atoms with Crippen molar-refractivity contribution in [2.75, 3.05) is 24.5 Å². The van der Waals surface area contributed by atoms with E-state index in [1.165, 1.54) is 0 Å². The minimum Gasteiger partial charge on any atom is -0.403 e. The van der Waals surface area contributed by atoms with E-state index in [-0.39, 0.29) is 0 Å². The molecular formula is C23H22N2O4. The fourth-order valence-corrected chi connectivity index (χ4v) is 4.47. The fourth-order valence-electron chi connectivity index (χ4n) is 4.47. The van der Waals surface area contributed by atoms with Crippen molar-refractivity contribution in [3.63, 3.8) is 0 Å². The number of esters is 2. The van der Waals surface area contributed by atoms with E-state index in [0.717, 1.165) is 41.8 Å². The van der Waals surface area contributed by atoms with Gasteiger partial charge in [0, 0.05) is 37.0 Å². The van der Waals surface area contributed by atoms with E-state index in [2.05, 4.69) is 41.3 Å². The van der Waals surface area contributed by atoms with Gasteiger partial charge in [-0.05, 0) is 36.1 Å². The number of nitrogens with zero attached hydrogens (tertiary/aromatic N) is 2. The molecule has 4 heterocycles. The zero-order valence-corrected chi connectivity index (χ0v) is 16.0. The summed E-state index contributed by atoms with van der Waals surface area (Å²) in [6, 6.07) is 18.9. The smallest absolute Gasteiger partial charge is 0.339 e. The Morgan fingerprint density at radius 2 is 1.38 bits per heavy atom. The topological polar surface area (TPSA) is 59.1 Å². The summed E-state index contributed by atoms with van der Waals surface area (Å²) in [5, 5.41) is 0. The highest BCUT2D eigenvalue weighted by Crippen LogP contribution is 2.37. The van der Waals surface area contributed by atoms with Gasteiger partial charge < -0.3 is 14.4 Å². The Morgan fingerprint density at radius 3 is 2.00 bits per heavy atom. The van der Waals surface area contributed by atoms with Crippen molar-refractivity contribution in [2.24, 2.45) is 0 Å². The molecule has 6 heteroatoms. The molecule has 6 rings (SSSR count). The third-order valence-electron chi connectivity index (χ3n) is 5.94. The lowest BCUT2D eigenvalue weighted by atomic mass is 10.0. The highest BCUT2D eigenvalue weighted by molar-refractivity contribution is 5.93. The van der Waals surface area contributed by atoms with Crippen LogP contribution in [-0.2, 0) is 19.1 Å². The Labute approximate surface area is 169 Å². The Hall–Kier alpha value is -3.12. The maximum atomic E-state index is 12.1. The zero-order valence-electron chi connectivity index (χ0n) is 16.0. The molecule has 0 radical (unpaired) electrons. The van der Waals surface area contributed by atoms with Crippen LogP contribution in [0, 0.1) is 0 Å². The van der Waals surface area contributed by atoms with Gasteiger partial charge in [0.1, 0.15) is 6.54 Å². The van der Waals surface area contributed by atoms with Crippen LogP contribution in [0.5, 0.6) is 0 Å². The summed E-state index contributed by atoms with van der Waals surface area (Å²) in [5.41, 5.74) is 3.33. The summed E-state index contributed by atoms with van der Waals surface area (Å²) in [6.45, 7) is 1.72. The molecule has 29 heavy (non-hydrogen) atoms. The number of benzene rings is 2. The molecule has 4 aliphatic rings. The third-order valence-corrected chi connectivity index (χ3v) is 5.94. The molecule has 0 atom stereocenters. The van der Waals surface area contributed by atoms with E-state index < -0.39 is 17.8 Å². The van der Waals surface area contributed by atoms with Crippen LogP contribution < -0.4 is 4.90 Å². The van der Waals surface area contributed by atoms with Gasteiger partial charge in [-0.3, -0.25) is 0 Å². The maximum Gasteiger partial charge on any atom is 0.339 e. The number of hydrogen-bond donors (Lipinski definition) is 0. The van der Waals surface area contributed by atoms with Crippen molar-refractivity contribution >= 4 is 17.6 Å². The molecular weight excluding hydrogens is 368 g/mol. The summed E-state index contributed by atoms with van der Waals surface area (Å²) in [7, 11) is 0. The van der Waals surface area contributed by atoms with Gasteiger partial charge in [-0.15, -0.1) is 0 Å². The van der Waals surface area contributed by atoms with Crippen LogP contribution in [0.3, 0.4) is 0 Å². The van der Waals surface area contributed by atoms with Gasteiger partial charge in [0.2, 0.25) is 0 Å². The standard InChI is InChI=1S/C23H22N2O4/c26-21-10-11-22(27)29-23(28-21)16-25(20-12-14-24(23)15-13-20)19-8-6-18(7-9-19)17-4-2-1-3-5-17/h1-11,20H,12-16H2. The number of carbonyl (C=O) groups is 2. The molecule has 3 saturated heterocycles. The van der Waals surface area contributed by atoms with Gasteiger partial charge in [0.15, 0.2) is 0 Å². The molecule has 3 fully saturated rings. The second-order valence-electron chi connectivity index (χ2n) is 7.65. The van der Waals surface area contributed by atoms with Gasteiger partial charge in [0.25, 0.3) is 0 Å². The van der Waals surface area contributed by atoms with Crippen molar-refractivity contribution < 1.29 is 19.1 Å². The van der Waals surface area contributed by atoms with Gasteiger partial charge in [0.05, 0.1) is 0 Å². The summed E-state index contributed by atoms with van der Waals surface area (Å²) in [5.74, 6) is -2.50. The molecule has 0 unspecified atom stereocenters. The number of piperidine rings is 1. The first kappa shape index (κ1) is 17.9. The maximum absolute atomic E-state index is 12.1. The van der Waals surface area contributed by atoms with E-state index >= 15 is 0 Å². The quantitative estimate of drug-likeness (QED) is 0.735. The third kappa shape index (κ3) is 3.29. The first-order valence-electron chi connectivity index (χ1n) is 9.94. The predicted octanol–water partition coefficient (Wildman–Crippen LogP) is 2.95. The second-order valence-corrected chi connectivity index (χ2v) is 7.65. The Bertz CT molecular complexity index is 927. The van der Waals surface area contributed by atoms with Crippen molar-refractivity contribution in [3.05, 3.63) is 66.7 Å². The average Bonchev–Trinajstić information content (AvgIpc) is 3.07. The van der Waals surface area contributed by atoms with Crippen molar-refractivity contribution in [3.8, 4) is 11.1 Å². The Balaban J connectivity index is 1.48. The fraction of sp³-hybridized carbons (Fsp3) is 0.304. The number of fused-ring (bicyclic) bond motifs is 3. The molecule has 0 saturated carbocycles. The Morgan fingerprint density at radius 1 is 0.793 bits per heavy atom. The molecule has 2 aromatic carbocycles. The molecule has 4 aliphatic heterocycles. The van der Waals surface area contributed by atoms with E-state index in [0.29, 0.717) is 25.7 Å². The predicted molar refractivity (Wildman–Crippen MR) is 108 cm³/mol.